The van der Waals surface area contributed by atoms with Gasteiger partial charge in [0, 0.05) is 12.1 Å². The lowest BCUT2D eigenvalue weighted by Gasteiger charge is -2.39. The largest absolute Gasteiger partial charge is 0.333 e. The molecule has 0 aromatic heterocycles. The Morgan fingerprint density at radius 3 is 1.96 bits per heavy atom. The minimum Gasteiger partial charge on any atom is -0.333 e. The number of hydrogen-bond acceptors (Lipinski definition) is 1. The second kappa shape index (κ2) is 6.87. The van der Waals surface area contributed by atoms with E-state index in [9.17, 15) is 4.79 Å². The van der Waals surface area contributed by atoms with Gasteiger partial charge in [0.05, 0.1) is 5.57 Å². The summed E-state index contributed by atoms with van der Waals surface area (Å²) in [7, 11) is 0. The van der Waals surface area contributed by atoms with Crippen LogP contribution in [0.4, 0.5) is 0 Å². The molecule has 2 heteroatoms. The van der Waals surface area contributed by atoms with E-state index in [1.54, 1.807) is 0 Å². The Balaban J connectivity index is 2.29. The molecule has 2 nitrogen and oxygen atoms in total. The molecule has 2 aromatic carbocycles. The van der Waals surface area contributed by atoms with E-state index < -0.39 is 0 Å². The number of carbonyl (C=O) groups is 1. The molecule has 0 unspecified atom stereocenters. The average Bonchev–Trinajstić information content (AvgIpc) is 2.55. The van der Waals surface area contributed by atoms with Crippen molar-refractivity contribution in [2.75, 3.05) is 0 Å². The topological polar surface area (TPSA) is 20.3 Å². The molecule has 0 bridgehead atoms. The van der Waals surface area contributed by atoms with Gasteiger partial charge in [-0.25, -0.2) is 0 Å². The molecule has 3 rings (SSSR count). The van der Waals surface area contributed by atoms with Gasteiger partial charge in [0.1, 0.15) is 0 Å². The fourth-order valence-electron chi connectivity index (χ4n) is 3.98. The second-order valence-corrected chi connectivity index (χ2v) is 7.34. The maximum atomic E-state index is 13.5. The molecule has 0 saturated heterocycles. The molecule has 1 aliphatic heterocycles. The highest BCUT2D eigenvalue weighted by Gasteiger charge is 2.35. The van der Waals surface area contributed by atoms with E-state index in [1.807, 2.05) is 17.0 Å². The quantitative estimate of drug-likeness (QED) is 0.752. The lowest BCUT2D eigenvalue weighted by Crippen LogP contribution is -2.46. The molecule has 2 aromatic rings. The van der Waals surface area contributed by atoms with Gasteiger partial charge < -0.3 is 4.90 Å². The van der Waals surface area contributed by atoms with Crippen LogP contribution < -0.4 is 0 Å². The number of carbonyl (C=O) groups excluding carboxylic acids is 1. The predicted octanol–water partition coefficient (Wildman–Crippen LogP) is 5.24. The number of benzene rings is 2. The Morgan fingerprint density at radius 1 is 0.920 bits per heavy atom. The van der Waals surface area contributed by atoms with Crippen molar-refractivity contribution in [3.05, 3.63) is 70.8 Å². The van der Waals surface area contributed by atoms with Crippen LogP contribution in [0.1, 0.15) is 49.4 Å². The van der Waals surface area contributed by atoms with Gasteiger partial charge in [-0.15, -0.1) is 0 Å². The molecule has 1 heterocycles. The van der Waals surface area contributed by atoms with E-state index >= 15 is 0 Å². The Kier molecular flexibility index (Phi) is 4.80. The third-order valence-electron chi connectivity index (χ3n) is 5.17. The van der Waals surface area contributed by atoms with Crippen molar-refractivity contribution in [2.24, 2.45) is 0 Å². The Morgan fingerprint density at radius 2 is 1.44 bits per heavy atom. The summed E-state index contributed by atoms with van der Waals surface area (Å²) in [5, 5.41) is 0. The van der Waals surface area contributed by atoms with E-state index in [1.165, 1.54) is 16.7 Å². The lowest BCUT2D eigenvalue weighted by molar-refractivity contribution is -0.129. The fourth-order valence-corrected chi connectivity index (χ4v) is 3.98. The smallest absolute Gasteiger partial charge is 0.255 e. The van der Waals surface area contributed by atoms with Gasteiger partial charge in [0.15, 0.2) is 0 Å². The summed E-state index contributed by atoms with van der Waals surface area (Å²) < 4.78 is 0. The van der Waals surface area contributed by atoms with Crippen molar-refractivity contribution in [1.29, 1.82) is 0 Å². The average molecular weight is 333 g/mol. The molecule has 25 heavy (non-hydrogen) atoms. The van der Waals surface area contributed by atoms with Gasteiger partial charge in [0.2, 0.25) is 0 Å². The van der Waals surface area contributed by atoms with Gasteiger partial charge in [-0.1, -0.05) is 48.5 Å². The molecule has 1 amide bonds. The number of aryl methyl sites for hydroxylation is 2. The summed E-state index contributed by atoms with van der Waals surface area (Å²) >= 11 is 0. The molecule has 0 N–H and O–H groups in total. The third kappa shape index (κ3) is 3.13. The van der Waals surface area contributed by atoms with E-state index in [0.29, 0.717) is 0 Å². The van der Waals surface area contributed by atoms with Crippen LogP contribution in [0.3, 0.4) is 0 Å². The van der Waals surface area contributed by atoms with Crippen molar-refractivity contribution in [1.82, 2.24) is 4.90 Å². The van der Waals surface area contributed by atoms with Crippen molar-refractivity contribution in [2.45, 2.75) is 53.1 Å². The van der Waals surface area contributed by atoms with Crippen molar-refractivity contribution in [3.63, 3.8) is 0 Å². The summed E-state index contributed by atoms with van der Waals surface area (Å²) in [5.74, 6) is 0.154. The summed E-state index contributed by atoms with van der Waals surface area (Å²) in [6.07, 6.45) is 0.887. The van der Waals surface area contributed by atoms with Crippen LogP contribution in [-0.4, -0.2) is 22.9 Å². The first-order valence-electron chi connectivity index (χ1n) is 9.09. The Hall–Kier alpha value is -2.35. The number of hydrogen-bond donors (Lipinski definition) is 0. The SMILES string of the molecule is Cc1ccccc1C1=C(c2ccccc2C)C(=O)N(C(C)C)[C@H](C)C1. The Labute approximate surface area is 151 Å². The second-order valence-electron chi connectivity index (χ2n) is 7.34. The molecule has 0 fully saturated rings. The molecule has 0 saturated carbocycles. The summed E-state index contributed by atoms with van der Waals surface area (Å²) in [6.45, 7) is 10.6. The normalized spacial score (nSPS) is 18.2. The standard InChI is InChI=1S/C23H27NO/c1-15(2)24-18(5)14-21(19-12-8-6-10-16(19)3)22(23(24)25)20-13-9-7-11-17(20)4/h6-13,15,18H,14H2,1-5H3/t18-/m1/s1. The van der Waals surface area contributed by atoms with Gasteiger partial charge >= 0.3 is 0 Å². The van der Waals surface area contributed by atoms with E-state index in [-0.39, 0.29) is 18.0 Å². The maximum absolute atomic E-state index is 13.5. The molecule has 1 atom stereocenters. The van der Waals surface area contributed by atoms with E-state index in [2.05, 4.69) is 71.0 Å². The van der Waals surface area contributed by atoms with Crippen LogP contribution in [0, 0.1) is 13.8 Å². The van der Waals surface area contributed by atoms with E-state index in [0.717, 1.165) is 23.1 Å². The predicted molar refractivity (Wildman–Crippen MR) is 105 cm³/mol. The highest BCUT2D eigenvalue weighted by Crippen LogP contribution is 2.39. The summed E-state index contributed by atoms with van der Waals surface area (Å²) in [4.78, 5) is 15.5. The number of rotatable bonds is 3. The monoisotopic (exact) mass is 333 g/mol. The van der Waals surface area contributed by atoms with Crippen LogP contribution in [0.15, 0.2) is 48.5 Å². The third-order valence-corrected chi connectivity index (χ3v) is 5.17. The van der Waals surface area contributed by atoms with Crippen molar-refractivity contribution in [3.8, 4) is 0 Å². The lowest BCUT2D eigenvalue weighted by atomic mass is 9.82. The molecule has 0 radical (unpaired) electrons. The molecule has 130 valence electrons. The zero-order valence-corrected chi connectivity index (χ0v) is 15.8. The molecule has 1 aliphatic rings. The first-order chi connectivity index (χ1) is 11.9. The highest BCUT2D eigenvalue weighted by molar-refractivity contribution is 6.28. The fraction of sp³-hybridized carbons (Fsp3) is 0.348. The Bertz CT molecular complexity index is 831. The maximum Gasteiger partial charge on any atom is 0.255 e. The van der Waals surface area contributed by atoms with Crippen LogP contribution >= 0.6 is 0 Å². The van der Waals surface area contributed by atoms with Gasteiger partial charge in [0.25, 0.3) is 5.91 Å². The molecule has 0 aliphatic carbocycles. The van der Waals surface area contributed by atoms with E-state index in [4.69, 9.17) is 0 Å². The molecular formula is C23H27NO. The minimum absolute atomic E-state index is 0.154. The van der Waals surface area contributed by atoms with Gasteiger partial charge in [-0.2, -0.15) is 0 Å². The first-order valence-corrected chi connectivity index (χ1v) is 9.09. The molecular weight excluding hydrogens is 306 g/mol. The van der Waals surface area contributed by atoms with Crippen LogP contribution in [0.25, 0.3) is 11.1 Å². The number of amides is 1. The molecule has 0 spiro atoms. The summed E-state index contributed by atoms with van der Waals surface area (Å²) in [5.41, 5.74) is 6.69. The number of nitrogens with zero attached hydrogens (tertiary/aromatic N) is 1. The van der Waals surface area contributed by atoms with Gasteiger partial charge in [-0.05, 0) is 68.9 Å². The van der Waals surface area contributed by atoms with Gasteiger partial charge in [-0.3, -0.25) is 4.79 Å². The zero-order valence-electron chi connectivity index (χ0n) is 15.8. The minimum atomic E-state index is 0.154. The van der Waals surface area contributed by atoms with Crippen LogP contribution in [0.2, 0.25) is 0 Å². The summed E-state index contributed by atoms with van der Waals surface area (Å²) in [6, 6.07) is 17.0. The highest BCUT2D eigenvalue weighted by atomic mass is 16.2. The van der Waals surface area contributed by atoms with Crippen LogP contribution in [0.5, 0.6) is 0 Å². The zero-order chi connectivity index (χ0) is 18.1. The van der Waals surface area contributed by atoms with Crippen molar-refractivity contribution >= 4 is 17.1 Å². The van der Waals surface area contributed by atoms with Crippen molar-refractivity contribution < 1.29 is 4.79 Å². The first kappa shape index (κ1) is 17.5. The van der Waals surface area contributed by atoms with Crippen LogP contribution in [-0.2, 0) is 4.79 Å².